The number of hydrogen-bond donors (Lipinski definition) is 2. The zero-order chi connectivity index (χ0) is 26.9. The number of nitrogens with one attached hydrogen (secondary N) is 2. The standard InChI is InChI=1S/C29H32N6O3S/c36-28(35-19-13-29(14-20-35)11-17-34(18-12-29)22-9-15-30-16-10-22)24-7-4-8-25-27(24)33-26(32-25)21-31-39(37,38)23-5-2-1-3-6-23/h1-10,15-16,31H,11-14,17-21H2,(H,32,33). The summed E-state index contributed by atoms with van der Waals surface area (Å²) < 4.78 is 27.8. The number of H-pyrrole nitrogens is 1. The number of benzene rings is 2. The molecule has 10 heteroatoms. The van der Waals surface area contributed by atoms with Crippen LogP contribution in [-0.2, 0) is 16.6 Å². The van der Waals surface area contributed by atoms with Crippen LogP contribution in [0.4, 0.5) is 5.69 Å². The van der Waals surface area contributed by atoms with Crippen LogP contribution in [-0.4, -0.2) is 60.4 Å². The Morgan fingerprint density at radius 1 is 0.897 bits per heavy atom. The number of likely N-dealkylation sites (tertiary alicyclic amines) is 1. The van der Waals surface area contributed by atoms with Gasteiger partial charge in [-0.2, -0.15) is 0 Å². The molecular weight excluding hydrogens is 512 g/mol. The van der Waals surface area contributed by atoms with Gasteiger partial charge in [0, 0.05) is 44.3 Å². The Labute approximate surface area is 228 Å². The van der Waals surface area contributed by atoms with Crippen molar-refractivity contribution in [2.45, 2.75) is 37.1 Å². The van der Waals surface area contributed by atoms with E-state index in [9.17, 15) is 13.2 Å². The van der Waals surface area contributed by atoms with Gasteiger partial charge in [-0.3, -0.25) is 9.78 Å². The quantitative estimate of drug-likeness (QED) is 0.380. The van der Waals surface area contributed by atoms with E-state index in [2.05, 4.69) is 36.7 Å². The molecule has 2 aliphatic heterocycles. The van der Waals surface area contributed by atoms with E-state index in [-0.39, 0.29) is 17.3 Å². The van der Waals surface area contributed by atoms with E-state index in [1.54, 1.807) is 36.4 Å². The lowest BCUT2D eigenvalue weighted by molar-refractivity contribution is 0.0516. The van der Waals surface area contributed by atoms with Gasteiger partial charge < -0.3 is 14.8 Å². The third kappa shape index (κ3) is 5.26. The highest BCUT2D eigenvalue weighted by Crippen LogP contribution is 2.42. The number of piperidine rings is 2. The Kier molecular flexibility index (Phi) is 6.82. The fourth-order valence-corrected chi connectivity index (χ4v) is 6.84. The number of aromatic nitrogens is 3. The normalized spacial score (nSPS) is 17.5. The lowest BCUT2D eigenvalue weighted by Gasteiger charge is -2.47. The Balaban J connectivity index is 1.10. The number of para-hydroxylation sites is 1. The van der Waals surface area contributed by atoms with Crippen molar-refractivity contribution in [2.24, 2.45) is 5.41 Å². The molecule has 2 saturated heterocycles. The number of fused-ring (bicyclic) bond motifs is 1. The Morgan fingerprint density at radius 3 is 2.31 bits per heavy atom. The van der Waals surface area contributed by atoms with Crippen LogP contribution < -0.4 is 9.62 Å². The Hall–Kier alpha value is -3.76. The largest absolute Gasteiger partial charge is 0.371 e. The van der Waals surface area contributed by atoms with Crippen LogP contribution in [0.2, 0.25) is 0 Å². The minimum absolute atomic E-state index is 0.00227. The zero-order valence-electron chi connectivity index (χ0n) is 21.7. The second-order valence-electron chi connectivity index (χ2n) is 10.5. The predicted molar refractivity (Wildman–Crippen MR) is 150 cm³/mol. The molecule has 2 fully saturated rings. The number of pyridine rings is 1. The third-order valence-corrected chi connectivity index (χ3v) is 9.66. The van der Waals surface area contributed by atoms with Crippen LogP contribution in [0.3, 0.4) is 0 Å². The van der Waals surface area contributed by atoms with Crippen molar-refractivity contribution in [1.29, 1.82) is 0 Å². The van der Waals surface area contributed by atoms with Crippen molar-refractivity contribution in [2.75, 3.05) is 31.1 Å². The van der Waals surface area contributed by atoms with Crippen molar-refractivity contribution >= 4 is 32.7 Å². The molecule has 1 spiro atoms. The molecule has 39 heavy (non-hydrogen) atoms. The molecule has 0 unspecified atom stereocenters. The second-order valence-corrected chi connectivity index (χ2v) is 12.3. The van der Waals surface area contributed by atoms with Gasteiger partial charge in [0.05, 0.1) is 22.5 Å². The summed E-state index contributed by atoms with van der Waals surface area (Å²) in [5.41, 5.74) is 3.35. The molecule has 202 valence electrons. The molecule has 6 rings (SSSR count). The number of aromatic amines is 1. The highest BCUT2D eigenvalue weighted by molar-refractivity contribution is 7.89. The number of carbonyl (C=O) groups excluding carboxylic acids is 1. The third-order valence-electron chi connectivity index (χ3n) is 8.24. The minimum atomic E-state index is -3.66. The maximum atomic E-state index is 13.6. The molecule has 1 amide bonds. The van der Waals surface area contributed by atoms with Gasteiger partial charge in [-0.1, -0.05) is 24.3 Å². The molecule has 4 heterocycles. The van der Waals surface area contributed by atoms with Crippen molar-refractivity contribution in [3.8, 4) is 0 Å². The number of rotatable bonds is 6. The summed E-state index contributed by atoms with van der Waals surface area (Å²) in [6.07, 6.45) is 7.96. The average molecular weight is 545 g/mol. The monoisotopic (exact) mass is 544 g/mol. The Bertz CT molecular complexity index is 1550. The van der Waals surface area contributed by atoms with Gasteiger partial charge in [0.25, 0.3) is 5.91 Å². The maximum absolute atomic E-state index is 13.6. The summed E-state index contributed by atoms with van der Waals surface area (Å²) in [5, 5.41) is 0. The maximum Gasteiger partial charge on any atom is 0.256 e. The van der Waals surface area contributed by atoms with Crippen molar-refractivity contribution < 1.29 is 13.2 Å². The van der Waals surface area contributed by atoms with E-state index in [0.29, 0.717) is 27.8 Å². The van der Waals surface area contributed by atoms with Crippen molar-refractivity contribution in [1.82, 2.24) is 24.6 Å². The number of anilines is 1. The number of hydrogen-bond acceptors (Lipinski definition) is 6. The first kappa shape index (κ1) is 25.5. The highest BCUT2D eigenvalue weighted by atomic mass is 32.2. The average Bonchev–Trinajstić information content (AvgIpc) is 3.41. The molecule has 9 nitrogen and oxygen atoms in total. The molecule has 0 saturated carbocycles. The number of imidazole rings is 1. The molecule has 0 radical (unpaired) electrons. The first-order valence-electron chi connectivity index (χ1n) is 13.4. The van der Waals surface area contributed by atoms with Gasteiger partial charge in [0.2, 0.25) is 10.0 Å². The van der Waals surface area contributed by atoms with E-state index in [1.807, 2.05) is 29.4 Å². The molecule has 0 bridgehead atoms. The van der Waals surface area contributed by atoms with E-state index < -0.39 is 10.0 Å². The highest BCUT2D eigenvalue weighted by Gasteiger charge is 2.39. The first-order chi connectivity index (χ1) is 18.9. The summed E-state index contributed by atoms with van der Waals surface area (Å²) in [4.78, 5) is 30.1. The lowest BCUT2D eigenvalue weighted by Crippen LogP contribution is -2.48. The molecule has 2 aromatic heterocycles. The topological polar surface area (TPSA) is 111 Å². The first-order valence-corrected chi connectivity index (χ1v) is 14.9. The lowest BCUT2D eigenvalue weighted by atomic mass is 9.71. The summed E-state index contributed by atoms with van der Waals surface area (Å²) in [7, 11) is -3.66. The fourth-order valence-electron chi connectivity index (χ4n) is 5.83. The molecule has 2 aromatic carbocycles. The minimum Gasteiger partial charge on any atom is -0.371 e. The smallest absolute Gasteiger partial charge is 0.256 e. The van der Waals surface area contributed by atoms with Crippen LogP contribution in [0.1, 0.15) is 41.9 Å². The molecule has 4 aromatic rings. The molecule has 0 aliphatic carbocycles. The number of amides is 1. The van der Waals surface area contributed by atoms with Crippen LogP contribution in [0.25, 0.3) is 11.0 Å². The van der Waals surface area contributed by atoms with Crippen LogP contribution >= 0.6 is 0 Å². The van der Waals surface area contributed by atoms with Crippen molar-refractivity contribution in [3.05, 3.63) is 84.4 Å². The molecular formula is C29H32N6O3S. The molecule has 2 aliphatic rings. The summed E-state index contributed by atoms with van der Waals surface area (Å²) in [6.45, 7) is 3.53. The number of carbonyl (C=O) groups is 1. The van der Waals surface area contributed by atoms with Crippen LogP contribution in [0.5, 0.6) is 0 Å². The van der Waals surface area contributed by atoms with E-state index in [0.717, 1.165) is 51.9 Å². The van der Waals surface area contributed by atoms with Crippen molar-refractivity contribution in [3.63, 3.8) is 0 Å². The zero-order valence-corrected chi connectivity index (χ0v) is 22.5. The summed E-state index contributed by atoms with van der Waals surface area (Å²) in [5.74, 6) is 0.441. The van der Waals surface area contributed by atoms with E-state index >= 15 is 0 Å². The number of sulfonamides is 1. The van der Waals surface area contributed by atoms with E-state index in [1.165, 1.54) is 5.69 Å². The number of nitrogens with zero attached hydrogens (tertiary/aromatic N) is 4. The van der Waals surface area contributed by atoms with Gasteiger partial charge in [-0.05, 0) is 67.5 Å². The van der Waals surface area contributed by atoms with Gasteiger partial charge >= 0.3 is 0 Å². The van der Waals surface area contributed by atoms with Gasteiger partial charge in [0.15, 0.2) is 0 Å². The Morgan fingerprint density at radius 2 is 1.59 bits per heavy atom. The second kappa shape index (κ2) is 10.4. The molecule has 2 N–H and O–H groups in total. The van der Waals surface area contributed by atoms with Gasteiger partial charge in [-0.25, -0.2) is 18.1 Å². The molecule has 0 atom stereocenters. The van der Waals surface area contributed by atoms with Gasteiger partial charge in [0.1, 0.15) is 11.3 Å². The predicted octanol–water partition coefficient (Wildman–Crippen LogP) is 3.96. The van der Waals surface area contributed by atoms with Gasteiger partial charge in [-0.15, -0.1) is 0 Å². The van der Waals surface area contributed by atoms with Crippen LogP contribution in [0, 0.1) is 5.41 Å². The van der Waals surface area contributed by atoms with E-state index in [4.69, 9.17) is 0 Å². The summed E-state index contributed by atoms with van der Waals surface area (Å²) in [6, 6.07) is 17.9. The van der Waals surface area contributed by atoms with Crippen LogP contribution in [0.15, 0.2) is 78.0 Å². The fraction of sp³-hybridized carbons (Fsp3) is 0.345. The summed E-state index contributed by atoms with van der Waals surface area (Å²) >= 11 is 0. The SMILES string of the molecule is O=C(c1cccc2[nH]c(CNS(=O)(=O)c3ccccc3)nc12)N1CCC2(CC1)CCN(c1ccncc1)CC2.